The Balaban J connectivity index is 1.55. The SMILES string of the molecule is CCOC(=O)C1C=C(OC)C(C(C)NC(=O)c2cccc3ccn(Cc4ccc(Cl)cc4)c23)=CC1. The maximum atomic E-state index is 13.4. The first-order valence-electron chi connectivity index (χ1n) is 11.7. The molecule has 0 saturated heterocycles. The van der Waals surface area contributed by atoms with Crippen LogP contribution in [0.2, 0.25) is 5.02 Å². The molecule has 0 radical (unpaired) electrons. The van der Waals surface area contributed by atoms with E-state index in [-0.39, 0.29) is 23.8 Å². The van der Waals surface area contributed by atoms with Gasteiger partial charge >= 0.3 is 5.97 Å². The van der Waals surface area contributed by atoms with Crippen molar-refractivity contribution in [3.05, 3.63) is 94.4 Å². The number of nitrogens with zero attached hydrogens (tertiary/aromatic N) is 1. The standard InChI is InChI=1S/C28H29ClN2O4/c1-4-35-28(33)21-10-13-23(25(16-21)34-3)18(2)30-27(32)24-7-5-6-20-14-15-31(26(20)24)17-19-8-11-22(29)12-9-19/h5-9,11-16,18,21H,4,10,17H2,1-3H3,(H,30,32). The Bertz CT molecular complexity index is 1290. The lowest BCUT2D eigenvalue weighted by Crippen LogP contribution is -2.36. The van der Waals surface area contributed by atoms with Gasteiger partial charge in [0, 0.05) is 28.7 Å². The van der Waals surface area contributed by atoms with E-state index in [0.29, 0.717) is 35.9 Å². The lowest BCUT2D eigenvalue weighted by Gasteiger charge is -2.25. The van der Waals surface area contributed by atoms with Gasteiger partial charge in [-0.1, -0.05) is 41.9 Å². The number of ether oxygens (including phenoxy) is 2. The van der Waals surface area contributed by atoms with Crippen molar-refractivity contribution in [3.63, 3.8) is 0 Å². The smallest absolute Gasteiger partial charge is 0.313 e. The molecule has 2 atom stereocenters. The third-order valence-electron chi connectivity index (χ3n) is 6.15. The Kier molecular flexibility index (Phi) is 7.61. The summed E-state index contributed by atoms with van der Waals surface area (Å²) in [5.74, 6) is -0.266. The predicted molar refractivity (Wildman–Crippen MR) is 137 cm³/mol. The maximum Gasteiger partial charge on any atom is 0.313 e. The lowest BCUT2D eigenvalue weighted by atomic mass is 9.92. The van der Waals surface area contributed by atoms with Gasteiger partial charge in [-0.2, -0.15) is 0 Å². The van der Waals surface area contributed by atoms with Crippen LogP contribution in [0.15, 0.2) is 78.2 Å². The summed E-state index contributed by atoms with van der Waals surface area (Å²) in [7, 11) is 1.56. The molecule has 1 aliphatic carbocycles. The van der Waals surface area contributed by atoms with Gasteiger partial charge in [0.25, 0.3) is 5.91 Å². The third kappa shape index (κ3) is 5.43. The van der Waals surface area contributed by atoms with E-state index in [1.165, 1.54) is 0 Å². The first-order valence-corrected chi connectivity index (χ1v) is 12.0. The van der Waals surface area contributed by atoms with Gasteiger partial charge in [-0.05, 0) is 56.2 Å². The average Bonchev–Trinajstić information content (AvgIpc) is 3.27. The number of halogens is 1. The first kappa shape index (κ1) is 24.6. The Labute approximate surface area is 210 Å². The number of methoxy groups -OCH3 is 1. The van der Waals surface area contributed by atoms with E-state index in [0.717, 1.165) is 22.0 Å². The number of fused-ring (bicyclic) bond motifs is 1. The van der Waals surface area contributed by atoms with Crippen LogP contribution in [0.5, 0.6) is 0 Å². The van der Waals surface area contributed by atoms with E-state index in [9.17, 15) is 9.59 Å². The molecule has 2 aromatic carbocycles. The highest BCUT2D eigenvalue weighted by molar-refractivity contribution is 6.30. The fourth-order valence-corrected chi connectivity index (χ4v) is 4.53. The zero-order chi connectivity index (χ0) is 24.9. The van der Waals surface area contributed by atoms with Crippen molar-refractivity contribution in [3.8, 4) is 0 Å². The molecule has 2 unspecified atom stereocenters. The van der Waals surface area contributed by atoms with Crippen molar-refractivity contribution in [2.75, 3.05) is 13.7 Å². The van der Waals surface area contributed by atoms with Crippen LogP contribution in [-0.4, -0.2) is 36.2 Å². The number of carbonyl (C=O) groups excluding carboxylic acids is 2. The van der Waals surface area contributed by atoms with Crippen molar-refractivity contribution < 1.29 is 19.1 Å². The van der Waals surface area contributed by atoms with Crippen LogP contribution in [-0.2, 0) is 20.8 Å². The highest BCUT2D eigenvalue weighted by atomic mass is 35.5. The number of hydrogen-bond acceptors (Lipinski definition) is 4. The third-order valence-corrected chi connectivity index (χ3v) is 6.40. The van der Waals surface area contributed by atoms with Crippen LogP contribution in [0.4, 0.5) is 0 Å². The molecule has 3 aromatic rings. The number of hydrogen-bond donors (Lipinski definition) is 1. The number of para-hydroxylation sites is 1. The minimum absolute atomic E-state index is 0.178. The largest absolute Gasteiger partial charge is 0.497 e. The molecular weight excluding hydrogens is 464 g/mol. The molecule has 1 aromatic heterocycles. The van der Waals surface area contributed by atoms with Crippen LogP contribution in [0.25, 0.3) is 10.9 Å². The number of nitrogens with one attached hydrogen (secondary N) is 1. The number of allylic oxidation sites excluding steroid dienone is 1. The summed E-state index contributed by atoms with van der Waals surface area (Å²) < 4.78 is 12.8. The summed E-state index contributed by atoms with van der Waals surface area (Å²) in [5, 5.41) is 4.79. The summed E-state index contributed by atoms with van der Waals surface area (Å²) in [6.45, 7) is 4.65. The number of benzene rings is 2. The minimum atomic E-state index is -0.388. The number of amides is 1. The molecule has 0 saturated carbocycles. The van der Waals surface area contributed by atoms with Gasteiger partial charge in [0.2, 0.25) is 0 Å². The molecule has 1 N–H and O–H groups in total. The summed E-state index contributed by atoms with van der Waals surface area (Å²) in [6.07, 6.45) is 6.20. The second kappa shape index (κ2) is 10.8. The molecule has 7 heteroatoms. The number of carbonyl (C=O) groups is 2. The molecule has 0 aliphatic heterocycles. The molecule has 1 heterocycles. The van der Waals surface area contributed by atoms with Gasteiger partial charge in [0.05, 0.1) is 36.8 Å². The fraction of sp³-hybridized carbons (Fsp3) is 0.286. The molecule has 35 heavy (non-hydrogen) atoms. The Morgan fingerprint density at radius 2 is 1.94 bits per heavy atom. The molecule has 6 nitrogen and oxygen atoms in total. The highest BCUT2D eigenvalue weighted by Crippen LogP contribution is 2.28. The van der Waals surface area contributed by atoms with Crippen molar-refractivity contribution >= 4 is 34.4 Å². The van der Waals surface area contributed by atoms with Crippen LogP contribution in [0.3, 0.4) is 0 Å². The van der Waals surface area contributed by atoms with Gasteiger partial charge in [0.15, 0.2) is 0 Å². The Morgan fingerprint density at radius 3 is 2.66 bits per heavy atom. The Morgan fingerprint density at radius 1 is 1.17 bits per heavy atom. The number of esters is 1. The monoisotopic (exact) mass is 492 g/mol. The quantitative estimate of drug-likeness (QED) is 0.421. The van der Waals surface area contributed by atoms with E-state index in [1.54, 1.807) is 20.1 Å². The van der Waals surface area contributed by atoms with Crippen LogP contribution >= 0.6 is 11.6 Å². The topological polar surface area (TPSA) is 69.6 Å². The Hall–Kier alpha value is -3.51. The minimum Gasteiger partial charge on any atom is -0.497 e. The van der Waals surface area contributed by atoms with Crippen molar-refractivity contribution in [1.82, 2.24) is 9.88 Å². The predicted octanol–water partition coefficient (Wildman–Crippen LogP) is 5.50. The summed E-state index contributed by atoms with van der Waals surface area (Å²) in [5.41, 5.74) is 3.39. The molecule has 182 valence electrons. The molecule has 0 fully saturated rings. The van der Waals surface area contributed by atoms with Crippen molar-refractivity contribution in [2.24, 2.45) is 5.92 Å². The zero-order valence-corrected chi connectivity index (χ0v) is 20.8. The molecule has 1 amide bonds. The lowest BCUT2D eigenvalue weighted by molar-refractivity contribution is -0.146. The van der Waals surface area contributed by atoms with Crippen molar-refractivity contribution in [1.29, 1.82) is 0 Å². The highest BCUT2D eigenvalue weighted by Gasteiger charge is 2.27. The van der Waals surface area contributed by atoms with E-state index < -0.39 is 0 Å². The zero-order valence-electron chi connectivity index (χ0n) is 20.1. The summed E-state index contributed by atoms with van der Waals surface area (Å²) >= 11 is 6.03. The molecule has 1 aliphatic rings. The number of rotatable bonds is 8. The molecular formula is C28H29ClN2O4. The van der Waals surface area contributed by atoms with E-state index in [2.05, 4.69) is 9.88 Å². The normalized spacial score (nSPS) is 16.3. The molecule has 0 spiro atoms. The van der Waals surface area contributed by atoms with Gasteiger partial charge < -0.3 is 19.4 Å². The van der Waals surface area contributed by atoms with Gasteiger partial charge in [-0.3, -0.25) is 9.59 Å². The summed E-state index contributed by atoms with van der Waals surface area (Å²) in [6, 6.07) is 15.1. The van der Waals surface area contributed by atoms with Gasteiger partial charge in [-0.25, -0.2) is 0 Å². The van der Waals surface area contributed by atoms with E-state index in [4.69, 9.17) is 21.1 Å². The fourth-order valence-electron chi connectivity index (χ4n) is 4.41. The van der Waals surface area contributed by atoms with Crippen LogP contribution in [0.1, 0.15) is 36.2 Å². The second-order valence-electron chi connectivity index (χ2n) is 8.50. The van der Waals surface area contributed by atoms with Gasteiger partial charge in [-0.15, -0.1) is 0 Å². The average molecular weight is 493 g/mol. The van der Waals surface area contributed by atoms with Crippen LogP contribution < -0.4 is 5.32 Å². The van der Waals surface area contributed by atoms with Crippen LogP contribution in [0, 0.1) is 5.92 Å². The second-order valence-corrected chi connectivity index (χ2v) is 8.93. The van der Waals surface area contributed by atoms with Crippen molar-refractivity contribution in [2.45, 2.75) is 32.9 Å². The first-order chi connectivity index (χ1) is 16.9. The summed E-state index contributed by atoms with van der Waals surface area (Å²) in [4.78, 5) is 25.6. The number of aromatic nitrogens is 1. The maximum absolute atomic E-state index is 13.4. The van der Waals surface area contributed by atoms with Gasteiger partial charge in [0.1, 0.15) is 5.76 Å². The molecule has 4 rings (SSSR count). The van der Waals surface area contributed by atoms with E-state index >= 15 is 0 Å². The van der Waals surface area contributed by atoms with E-state index in [1.807, 2.05) is 67.7 Å². The molecule has 0 bridgehead atoms.